The van der Waals surface area contributed by atoms with Crippen LogP contribution in [0.3, 0.4) is 0 Å². The summed E-state index contributed by atoms with van der Waals surface area (Å²) in [7, 11) is 0. The Morgan fingerprint density at radius 1 is 1.09 bits per heavy atom. The zero-order chi connectivity index (χ0) is 33.4. The molecular weight excluding hydrogens is 598 g/mol. The quantitative estimate of drug-likeness (QED) is 0.153. The second-order valence-electron chi connectivity index (χ2n) is 12.5. The summed E-state index contributed by atoms with van der Waals surface area (Å²) >= 11 is 0. The van der Waals surface area contributed by atoms with Crippen molar-refractivity contribution in [3.63, 3.8) is 0 Å². The summed E-state index contributed by atoms with van der Waals surface area (Å²) in [5.74, 6) is -3.13. The van der Waals surface area contributed by atoms with Gasteiger partial charge < -0.3 is 29.7 Å². The number of benzene rings is 2. The Morgan fingerprint density at radius 2 is 1.81 bits per heavy atom. The fourth-order valence-corrected chi connectivity index (χ4v) is 7.34. The number of esters is 1. The van der Waals surface area contributed by atoms with E-state index in [9.17, 15) is 24.3 Å². The Bertz CT molecular complexity index is 1430. The van der Waals surface area contributed by atoms with Gasteiger partial charge >= 0.3 is 5.97 Å². The van der Waals surface area contributed by atoms with Crippen molar-refractivity contribution in [3.05, 3.63) is 97.1 Å². The van der Waals surface area contributed by atoms with Crippen molar-refractivity contribution >= 4 is 23.7 Å². The van der Waals surface area contributed by atoms with Crippen LogP contribution in [0.4, 0.5) is 0 Å². The molecule has 5 rings (SSSR count). The molecule has 0 radical (unpaired) electrons. The van der Waals surface area contributed by atoms with Gasteiger partial charge in [0.05, 0.1) is 24.5 Å². The van der Waals surface area contributed by atoms with Crippen molar-refractivity contribution in [1.82, 2.24) is 15.1 Å². The van der Waals surface area contributed by atoms with Gasteiger partial charge in [0.2, 0.25) is 17.7 Å². The number of allylic oxidation sites excluding steroid dienone is 1. The number of aliphatic hydroxyl groups excluding tert-OH is 1. The van der Waals surface area contributed by atoms with E-state index >= 15 is 0 Å². The monoisotopic (exact) mass is 643 g/mol. The molecule has 3 heterocycles. The van der Waals surface area contributed by atoms with Crippen LogP contribution in [-0.2, 0) is 35.2 Å². The molecule has 3 saturated heterocycles. The highest BCUT2D eigenvalue weighted by Crippen LogP contribution is 2.59. The number of ether oxygens (including phenoxy) is 2. The molecule has 2 N–H and O–H groups in total. The number of carbonyl (C=O) groups excluding carboxylic acids is 4. The number of fused-ring (bicyclic) bond motifs is 1. The smallest absolute Gasteiger partial charge is 0.313 e. The van der Waals surface area contributed by atoms with Gasteiger partial charge in [-0.1, -0.05) is 72.8 Å². The molecule has 10 nitrogen and oxygen atoms in total. The Morgan fingerprint density at radius 3 is 2.49 bits per heavy atom. The second-order valence-corrected chi connectivity index (χ2v) is 12.5. The van der Waals surface area contributed by atoms with Gasteiger partial charge in [-0.25, -0.2) is 0 Å². The topological polar surface area (TPSA) is 125 Å². The standard InChI is InChI=1S/C37H45N3O7/c1-3-5-18-30(42)38-24-29(27-16-10-7-11-17-27)46-36(45)31-28-19-20-37(47-28)32(31)34(43)40(22-12-13-23-41)33(37)35(44)39(21-4-2)25-26-14-8-6-9-15-26/h3-4,6-11,14-17,28-29,31-33,41H,1-2,5,12-13,18-25H2,(H,38,42)/t28-,29-,31+,32+,33-,37+/m1/s1. The first-order valence-corrected chi connectivity index (χ1v) is 16.5. The molecule has 1 spiro atoms. The molecule has 3 aliphatic heterocycles. The second kappa shape index (κ2) is 15.5. The van der Waals surface area contributed by atoms with Gasteiger partial charge in [0.15, 0.2) is 0 Å². The molecular formula is C37H45N3O7. The fraction of sp³-hybridized carbons (Fsp3) is 0.459. The van der Waals surface area contributed by atoms with Crippen molar-refractivity contribution < 1.29 is 33.8 Å². The van der Waals surface area contributed by atoms with E-state index in [1.54, 1.807) is 22.0 Å². The van der Waals surface area contributed by atoms with Gasteiger partial charge in [-0.2, -0.15) is 0 Å². The molecule has 0 saturated carbocycles. The van der Waals surface area contributed by atoms with Crippen molar-refractivity contribution in [1.29, 1.82) is 0 Å². The summed E-state index contributed by atoms with van der Waals surface area (Å²) in [5.41, 5.74) is 0.467. The summed E-state index contributed by atoms with van der Waals surface area (Å²) in [5, 5.41) is 12.3. The van der Waals surface area contributed by atoms with E-state index in [0.717, 1.165) is 5.56 Å². The first kappa shape index (κ1) is 34.1. The number of nitrogens with one attached hydrogen (secondary N) is 1. The molecule has 10 heteroatoms. The van der Waals surface area contributed by atoms with E-state index in [2.05, 4.69) is 18.5 Å². The number of likely N-dealkylation sites (tertiary alicyclic amines) is 1. The molecule has 3 fully saturated rings. The van der Waals surface area contributed by atoms with Crippen molar-refractivity contribution in [2.75, 3.05) is 26.2 Å². The highest BCUT2D eigenvalue weighted by Gasteiger charge is 2.75. The van der Waals surface area contributed by atoms with E-state index in [1.165, 1.54) is 0 Å². The van der Waals surface area contributed by atoms with E-state index in [-0.39, 0.29) is 50.4 Å². The Balaban J connectivity index is 1.42. The van der Waals surface area contributed by atoms with Crippen LogP contribution in [0.1, 0.15) is 55.8 Å². The van der Waals surface area contributed by atoms with E-state index in [4.69, 9.17) is 9.47 Å². The largest absolute Gasteiger partial charge is 0.455 e. The van der Waals surface area contributed by atoms with Gasteiger partial charge in [-0.3, -0.25) is 19.2 Å². The van der Waals surface area contributed by atoms with Crippen LogP contribution in [0.5, 0.6) is 0 Å². The molecule has 47 heavy (non-hydrogen) atoms. The third-order valence-electron chi connectivity index (χ3n) is 9.48. The summed E-state index contributed by atoms with van der Waals surface area (Å²) in [6.07, 6.45) is 4.69. The van der Waals surface area contributed by atoms with E-state index < -0.39 is 41.7 Å². The van der Waals surface area contributed by atoms with E-state index in [1.807, 2.05) is 60.7 Å². The Kier molecular flexibility index (Phi) is 11.3. The minimum absolute atomic E-state index is 0.0374. The lowest BCUT2D eigenvalue weighted by atomic mass is 9.70. The number of amides is 3. The van der Waals surface area contributed by atoms with E-state index in [0.29, 0.717) is 44.2 Å². The third kappa shape index (κ3) is 7.18. The molecule has 2 aromatic carbocycles. The lowest BCUT2D eigenvalue weighted by Gasteiger charge is -2.37. The lowest BCUT2D eigenvalue weighted by Crippen LogP contribution is -2.56. The summed E-state index contributed by atoms with van der Waals surface area (Å²) in [6.45, 7) is 8.40. The van der Waals surface area contributed by atoms with Gasteiger partial charge in [-0.05, 0) is 43.2 Å². The Hall–Kier alpha value is -4.28. The number of unbranched alkanes of at least 4 members (excludes halogenated alkanes) is 1. The first-order chi connectivity index (χ1) is 22.8. The van der Waals surface area contributed by atoms with Gasteiger partial charge in [0, 0.05) is 32.7 Å². The molecule has 2 bridgehead atoms. The number of carbonyl (C=O) groups is 4. The van der Waals surface area contributed by atoms with Crippen LogP contribution in [0.15, 0.2) is 86.0 Å². The number of hydrogen-bond acceptors (Lipinski definition) is 7. The zero-order valence-electron chi connectivity index (χ0n) is 26.8. The minimum Gasteiger partial charge on any atom is -0.455 e. The number of nitrogens with zero attached hydrogens (tertiary/aromatic N) is 2. The summed E-state index contributed by atoms with van der Waals surface area (Å²) in [4.78, 5) is 58.6. The molecule has 0 aromatic heterocycles. The molecule has 6 atom stereocenters. The van der Waals surface area contributed by atoms with Crippen molar-refractivity contribution in [2.24, 2.45) is 11.8 Å². The Labute approximate surface area is 276 Å². The average molecular weight is 644 g/mol. The molecule has 2 aromatic rings. The van der Waals surface area contributed by atoms with Gasteiger partial charge in [0.25, 0.3) is 0 Å². The zero-order valence-corrected chi connectivity index (χ0v) is 26.8. The van der Waals surface area contributed by atoms with Crippen LogP contribution in [0.2, 0.25) is 0 Å². The first-order valence-electron chi connectivity index (χ1n) is 16.5. The predicted octanol–water partition coefficient (Wildman–Crippen LogP) is 3.72. The number of aliphatic hydroxyl groups is 1. The molecule has 250 valence electrons. The van der Waals surface area contributed by atoms with Crippen LogP contribution in [0.25, 0.3) is 0 Å². The summed E-state index contributed by atoms with van der Waals surface area (Å²) < 4.78 is 12.7. The van der Waals surface area contributed by atoms with Gasteiger partial charge in [-0.15, -0.1) is 13.2 Å². The number of hydrogen-bond donors (Lipinski definition) is 2. The maximum atomic E-state index is 14.5. The number of rotatable bonds is 17. The molecule has 0 unspecified atom stereocenters. The maximum absolute atomic E-state index is 14.5. The summed E-state index contributed by atoms with van der Waals surface area (Å²) in [6, 6.07) is 17.9. The van der Waals surface area contributed by atoms with Crippen LogP contribution in [-0.4, -0.2) is 82.6 Å². The lowest BCUT2D eigenvalue weighted by molar-refractivity contribution is -0.160. The molecule has 3 aliphatic rings. The third-order valence-corrected chi connectivity index (χ3v) is 9.48. The van der Waals surface area contributed by atoms with Crippen LogP contribution < -0.4 is 5.32 Å². The van der Waals surface area contributed by atoms with Crippen molar-refractivity contribution in [3.8, 4) is 0 Å². The fourth-order valence-electron chi connectivity index (χ4n) is 7.34. The molecule has 0 aliphatic carbocycles. The normalized spacial score (nSPS) is 24.8. The highest BCUT2D eigenvalue weighted by atomic mass is 16.6. The van der Waals surface area contributed by atoms with Gasteiger partial charge in [0.1, 0.15) is 17.7 Å². The van der Waals surface area contributed by atoms with Crippen LogP contribution >= 0.6 is 0 Å². The SMILES string of the molecule is C=CCCC(=O)NC[C@@H](OC(=O)[C@@H]1[C@H]2C(=O)N(CCCCO)[C@H](C(=O)N(CC=C)Cc3ccccc3)[C@]23CC[C@H]1O3)c1ccccc1. The predicted molar refractivity (Wildman–Crippen MR) is 175 cm³/mol. The van der Waals surface area contributed by atoms with Crippen molar-refractivity contribution in [2.45, 2.75) is 68.9 Å². The maximum Gasteiger partial charge on any atom is 0.313 e. The minimum atomic E-state index is -1.18. The molecule has 3 amide bonds. The average Bonchev–Trinajstić information content (AvgIpc) is 3.73. The van der Waals surface area contributed by atoms with Crippen LogP contribution in [0, 0.1) is 11.8 Å². The highest BCUT2D eigenvalue weighted by molar-refractivity contribution is 5.98.